The first-order chi connectivity index (χ1) is 7.84. The number of hydrogen-bond donors (Lipinski definition) is 1. The van der Waals surface area contributed by atoms with Crippen molar-refractivity contribution in [2.75, 3.05) is 12.9 Å². The molecule has 0 heterocycles. The number of aliphatic carboxylic acids is 1. The van der Waals surface area contributed by atoms with Crippen molar-refractivity contribution in [3.05, 3.63) is 28.8 Å². The minimum absolute atomic E-state index is 0.348. The summed E-state index contributed by atoms with van der Waals surface area (Å²) >= 11 is 5.74. The quantitative estimate of drug-likeness (QED) is 0.879. The van der Waals surface area contributed by atoms with Crippen LogP contribution in [0.3, 0.4) is 0 Å². The molecule has 0 fully saturated rings. The van der Waals surface area contributed by atoms with Gasteiger partial charge in [0.15, 0.2) is 9.84 Å². The molecule has 0 aliphatic carbocycles. The second kappa shape index (κ2) is 5.37. The van der Waals surface area contributed by atoms with Crippen LogP contribution in [0, 0.1) is 0 Å². The molecule has 0 spiro atoms. The van der Waals surface area contributed by atoms with Crippen molar-refractivity contribution in [3.8, 4) is 5.75 Å². The van der Waals surface area contributed by atoms with Crippen LogP contribution in [0.25, 0.3) is 0 Å². The van der Waals surface area contributed by atoms with E-state index >= 15 is 0 Å². The summed E-state index contributed by atoms with van der Waals surface area (Å²) in [5, 5.41) is 8.84. The SMILES string of the molecule is COc1ccc(Cl)cc1CS(=O)(=O)CC(=O)O. The lowest BCUT2D eigenvalue weighted by molar-refractivity contribution is -0.134. The number of ether oxygens (including phenoxy) is 1. The van der Waals surface area contributed by atoms with Crippen molar-refractivity contribution in [2.24, 2.45) is 0 Å². The molecule has 0 aromatic heterocycles. The van der Waals surface area contributed by atoms with Gasteiger partial charge < -0.3 is 9.84 Å². The van der Waals surface area contributed by atoms with Gasteiger partial charge in [0, 0.05) is 10.6 Å². The van der Waals surface area contributed by atoms with Gasteiger partial charge in [-0.25, -0.2) is 8.42 Å². The van der Waals surface area contributed by atoms with E-state index in [1.54, 1.807) is 6.07 Å². The summed E-state index contributed by atoms with van der Waals surface area (Å²) in [6.45, 7) is 0. The van der Waals surface area contributed by atoms with Gasteiger partial charge in [0.2, 0.25) is 0 Å². The van der Waals surface area contributed by atoms with Crippen LogP contribution in [-0.4, -0.2) is 32.4 Å². The van der Waals surface area contributed by atoms with E-state index in [-0.39, 0.29) is 0 Å². The Balaban J connectivity index is 3.02. The number of halogens is 1. The Hall–Kier alpha value is -1.27. The van der Waals surface area contributed by atoms with Crippen LogP contribution in [-0.2, 0) is 20.4 Å². The van der Waals surface area contributed by atoms with Crippen molar-refractivity contribution in [2.45, 2.75) is 5.75 Å². The molecule has 1 aromatic rings. The van der Waals surface area contributed by atoms with Gasteiger partial charge in [-0.15, -0.1) is 0 Å². The lowest BCUT2D eigenvalue weighted by Gasteiger charge is -2.08. The van der Waals surface area contributed by atoms with E-state index in [2.05, 4.69) is 0 Å². The highest BCUT2D eigenvalue weighted by Gasteiger charge is 2.19. The first kappa shape index (κ1) is 13.8. The maximum Gasteiger partial charge on any atom is 0.318 e. The average Bonchev–Trinajstić information content (AvgIpc) is 2.14. The monoisotopic (exact) mass is 278 g/mol. The Kier molecular flexibility index (Phi) is 4.36. The third-order valence-electron chi connectivity index (χ3n) is 1.96. The Morgan fingerprint density at radius 2 is 2.12 bits per heavy atom. The Labute approximate surface area is 104 Å². The summed E-state index contributed by atoms with van der Waals surface area (Å²) in [6.07, 6.45) is 0. The molecule has 1 aromatic carbocycles. The molecular weight excluding hydrogens is 268 g/mol. The zero-order valence-electron chi connectivity index (χ0n) is 9.01. The van der Waals surface area contributed by atoms with Gasteiger partial charge >= 0.3 is 5.97 Å². The van der Waals surface area contributed by atoms with Gasteiger partial charge in [-0.1, -0.05) is 11.6 Å². The van der Waals surface area contributed by atoms with E-state index < -0.39 is 27.3 Å². The molecule has 1 rings (SSSR count). The van der Waals surface area contributed by atoms with Crippen LogP contribution in [0.15, 0.2) is 18.2 Å². The van der Waals surface area contributed by atoms with E-state index in [4.69, 9.17) is 21.4 Å². The van der Waals surface area contributed by atoms with Gasteiger partial charge in [-0.3, -0.25) is 4.79 Å². The molecule has 0 radical (unpaired) electrons. The lowest BCUT2D eigenvalue weighted by Crippen LogP contribution is -2.17. The molecule has 0 saturated carbocycles. The molecule has 1 N–H and O–H groups in total. The maximum absolute atomic E-state index is 11.5. The highest BCUT2D eigenvalue weighted by atomic mass is 35.5. The molecule has 0 amide bonds. The molecule has 0 aliphatic rings. The van der Waals surface area contributed by atoms with E-state index in [9.17, 15) is 13.2 Å². The van der Waals surface area contributed by atoms with Crippen molar-refractivity contribution in [3.63, 3.8) is 0 Å². The van der Waals surface area contributed by atoms with Crippen LogP contribution in [0.2, 0.25) is 5.02 Å². The van der Waals surface area contributed by atoms with Gasteiger partial charge in [0.1, 0.15) is 11.5 Å². The Morgan fingerprint density at radius 1 is 1.47 bits per heavy atom. The topological polar surface area (TPSA) is 80.7 Å². The minimum Gasteiger partial charge on any atom is -0.496 e. The molecule has 0 unspecified atom stereocenters. The molecule has 0 atom stereocenters. The third kappa shape index (κ3) is 4.24. The second-order valence-corrected chi connectivity index (χ2v) is 5.88. The first-order valence-electron chi connectivity index (χ1n) is 4.58. The Bertz CT molecular complexity index is 523. The van der Waals surface area contributed by atoms with Crippen molar-refractivity contribution in [1.29, 1.82) is 0 Å². The average molecular weight is 279 g/mol. The predicted molar refractivity (Wildman–Crippen MR) is 63.1 cm³/mol. The summed E-state index contributed by atoms with van der Waals surface area (Å²) in [7, 11) is -2.32. The van der Waals surface area contributed by atoms with E-state index in [0.717, 1.165) is 0 Å². The van der Waals surface area contributed by atoms with Crippen molar-refractivity contribution < 1.29 is 23.1 Å². The first-order valence-corrected chi connectivity index (χ1v) is 6.78. The normalized spacial score (nSPS) is 11.2. The number of methoxy groups -OCH3 is 1. The van der Waals surface area contributed by atoms with Crippen molar-refractivity contribution in [1.82, 2.24) is 0 Å². The second-order valence-electron chi connectivity index (χ2n) is 3.38. The molecule has 17 heavy (non-hydrogen) atoms. The van der Waals surface area contributed by atoms with E-state index in [1.807, 2.05) is 0 Å². The summed E-state index contributed by atoms with van der Waals surface area (Å²) < 4.78 is 28.0. The predicted octanol–water partition coefficient (Wildman–Crippen LogP) is 1.35. The van der Waals surface area contributed by atoms with E-state index in [0.29, 0.717) is 16.3 Å². The number of hydrogen-bond acceptors (Lipinski definition) is 4. The van der Waals surface area contributed by atoms with E-state index in [1.165, 1.54) is 19.2 Å². The zero-order valence-corrected chi connectivity index (χ0v) is 10.6. The summed E-state index contributed by atoms with van der Waals surface area (Å²) in [5.41, 5.74) is 0.348. The number of carbonyl (C=O) groups is 1. The molecular formula is C10H11ClO5S. The van der Waals surface area contributed by atoms with Gasteiger partial charge in [-0.2, -0.15) is 0 Å². The van der Waals surface area contributed by atoms with Crippen LogP contribution in [0.5, 0.6) is 5.75 Å². The van der Waals surface area contributed by atoms with Gasteiger partial charge in [-0.05, 0) is 18.2 Å². The molecule has 5 nitrogen and oxygen atoms in total. The fourth-order valence-corrected chi connectivity index (χ4v) is 2.71. The molecule has 7 heteroatoms. The summed E-state index contributed by atoms with van der Waals surface area (Å²) in [5.74, 6) is -2.35. The molecule has 94 valence electrons. The highest BCUT2D eigenvalue weighted by Crippen LogP contribution is 2.24. The van der Waals surface area contributed by atoms with Crippen LogP contribution in [0.4, 0.5) is 0 Å². The smallest absolute Gasteiger partial charge is 0.318 e. The highest BCUT2D eigenvalue weighted by molar-refractivity contribution is 7.91. The molecule has 0 aliphatic heterocycles. The summed E-state index contributed by atoms with van der Waals surface area (Å²) in [6, 6.07) is 4.54. The Morgan fingerprint density at radius 3 is 2.65 bits per heavy atom. The van der Waals surface area contributed by atoms with Crippen LogP contribution >= 0.6 is 11.6 Å². The maximum atomic E-state index is 11.5. The number of carboxylic acids is 1. The zero-order chi connectivity index (χ0) is 13.1. The largest absolute Gasteiger partial charge is 0.496 e. The fourth-order valence-electron chi connectivity index (χ4n) is 1.34. The third-order valence-corrected chi connectivity index (χ3v) is 3.63. The summed E-state index contributed by atoms with van der Waals surface area (Å²) in [4.78, 5) is 10.4. The number of benzene rings is 1. The van der Waals surface area contributed by atoms with Crippen LogP contribution < -0.4 is 4.74 Å². The van der Waals surface area contributed by atoms with Crippen LogP contribution in [0.1, 0.15) is 5.56 Å². The van der Waals surface area contributed by atoms with Gasteiger partial charge in [0.05, 0.1) is 12.9 Å². The molecule has 0 bridgehead atoms. The number of rotatable bonds is 5. The van der Waals surface area contributed by atoms with Gasteiger partial charge in [0.25, 0.3) is 0 Å². The molecule has 0 saturated heterocycles. The van der Waals surface area contributed by atoms with Crippen molar-refractivity contribution >= 4 is 27.4 Å². The minimum atomic E-state index is -3.72. The number of carboxylic acid groups (broad SMARTS) is 1. The number of sulfone groups is 1. The standard InChI is InChI=1S/C10H11ClO5S/c1-16-9-3-2-8(11)4-7(9)5-17(14,15)6-10(12)13/h2-4H,5-6H2,1H3,(H,12,13). The lowest BCUT2D eigenvalue weighted by atomic mass is 10.2. The fraction of sp³-hybridized carbons (Fsp3) is 0.300.